The zero-order valence-electron chi connectivity index (χ0n) is 12.9. The zero-order valence-corrected chi connectivity index (χ0v) is 13.6. The normalized spacial score (nSPS) is 10.9. The number of non-ortho nitro benzene ring substituents is 1. The molecule has 0 saturated carbocycles. The zero-order chi connectivity index (χ0) is 17.8. The van der Waals surface area contributed by atoms with Crippen molar-refractivity contribution in [2.24, 2.45) is 0 Å². The van der Waals surface area contributed by atoms with E-state index in [0.717, 1.165) is 5.56 Å². The molecule has 0 aliphatic heterocycles. The van der Waals surface area contributed by atoms with Gasteiger partial charge in [-0.2, -0.15) is 0 Å². The lowest BCUT2D eigenvalue weighted by Gasteiger charge is -1.99. The largest absolute Gasteiger partial charge is 0.457 e. The van der Waals surface area contributed by atoms with E-state index in [0.29, 0.717) is 16.5 Å². The molecule has 0 aliphatic carbocycles. The van der Waals surface area contributed by atoms with Crippen LogP contribution in [0.3, 0.4) is 0 Å². The summed E-state index contributed by atoms with van der Waals surface area (Å²) in [5.74, 6) is 0.723. The molecule has 0 radical (unpaired) electrons. The second-order valence-electron chi connectivity index (χ2n) is 5.19. The SMILES string of the molecule is O=C(/C=C/c1ccc(-c2ccccc2Cl)o1)c1cccc([N+](=O)[O-])c1. The summed E-state index contributed by atoms with van der Waals surface area (Å²) in [4.78, 5) is 22.4. The molecule has 5 nitrogen and oxygen atoms in total. The van der Waals surface area contributed by atoms with Crippen molar-refractivity contribution in [3.8, 4) is 11.3 Å². The Morgan fingerprint density at radius 1 is 1.08 bits per heavy atom. The third-order valence-electron chi connectivity index (χ3n) is 3.51. The lowest BCUT2D eigenvalue weighted by atomic mass is 10.1. The molecule has 0 saturated heterocycles. The molecule has 25 heavy (non-hydrogen) atoms. The van der Waals surface area contributed by atoms with Gasteiger partial charge in [0.25, 0.3) is 5.69 Å². The molecular formula is C19H12ClNO4. The second-order valence-corrected chi connectivity index (χ2v) is 5.59. The number of furan rings is 1. The lowest BCUT2D eigenvalue weighted by Crippen LogP contribution is -1.96. The summed E-state index contributed by atoms with van der Waals surface area (Å²) >= 11 is 6.13. The van der Waals surface area contributed by atoms with Crippen molar-refractivity contribution < 1.29 is 14.1 Å². The van der Waals surface area contributed by atoms with Gasteiger partial charge in [-0.05, 0) is 36.4 Å². The van der Waals surface area contributed by atoms with Crippen molar-refractivity contribution in [1.29, 1.82) is 0 Å². The van der Waals surface area contributed by atoms with Gasteiger partial charge in [0.1, 0.15) is 11.5 Å². The summed E-state index contributed by atoms with van der Waals surface area (Å²) in [5.41, 5.74) is 0.871. The topological polar surface area (TPSA) is 73.3 Å². The molecule has 124 valence electrons. The second kappa shape index (κ2) is 7.15. The Morgan fingerprint density at radius 3 is 2.64 bits per heavy atom. The van der Waals surface area contributed by atoms with E-state index >= 15 is 0 Å². The van der Waals surface area contributed by atoms with Crippen LogP contribution in [0.5, 0.6) is 0 Å². The summed E-state index contributed by atoms with van der Waals surface area (Å²) in [5, 5.41) is 11.3. The van der Waals surface area contributed by atoms with Gasteiger partial charge in [0.05, 0.1) is 9.95 Å². The number of benzene rings is 2. The van der Waals surface area contributed by atoms with E-state index in [1.165, 1.54) is 36.4 Å². The first kappa shape index (κ1) is 16.7. The number of carbonyl (C=O) groups is 1. The molecular weight excluding hydrogens is 342 g/mol. The van der Waals surface area contributed by atoms with Crippen LogP contribution in [0.2, 0.25) is 5.02 Å². The highest BCUT2D eigenvalue weighted by atomic mass is 35.5. The van der Waals surface area contributed by atoms with Crippen LogP contribution in [0.1, 0.15) is 16.1 Å². The molecule has 0 amide bonds. The average Bonchev–Trinajstić information content (AvgIpc) is 3.09. The monoisotopic (exact) mass is 353 g/mol. The first-order valence-corrected chi connectivity index (χ1v) is 7.74. The predicted molar refractivity (Wildman–Crippen MR) is 95.6 cm³/mol. The molecule has 0 N–H and O–H groups in total. The van der Waals surface area contributed by atoms with E-state index in [-0.39, 0.29) is 17.0 Å². The fraction of sp³-hybridized carbons (Fsp3) is 0. The Hall–Kier alpha value is -3.18. The third-order valence-corrected chi connectivity index (χ3v) is 3.84. The smallest absolute Gasteiger partial charge is 0.270 e. The summed E-state index contributed by atoms with van der Waals surface area (Å²) in [7, 11) is 0. The fourth-order valence-corrected chi connectivity index (χ4v) is 2.50. The van der Waals surface area contributed by atoms with Gasteiger partial charge >= 0.3 is 0 Å². The highest BCUT2D eigenvalue weighted by Gasteiger charge is 2.10. The number of rotatable bonds is 5. The highest BCUT2D eigenvalue weighted by Crippen LogP contribution is 2.29. The first-order chi connectivity index (χ1) is 12.0. The molecule has 0 bridgehead atoms. The molecule has 0 atom stereocenters. The van der Waals surface area contributed by atoms with Crippen molar-refractivity contribution in [1.82, 2.24) is 0 Å². The maximum atomic E-state index is 12.2. The molecule has 1 aromatic heterocycles. The molecule has 6 heteroatoms. The molecule has 2 aromatic carbocycles. The summed E-state index contributed by atoms with van der Waals surface area (Å²) in [6, 6.07) is 16.3. The number of halogens is 1. The van der Waals surface area contributed by atoms with Crippen molar-refractivity contribution in [2.75, 3.05) is 0 Å². The Labute approximate surface area is 148 Å². The van der Waals surface area contributed by atoms with E-state index in [2.05, 4.69) is 0 Å². The molecule has 0 unspecified atom stereocenters. The predicted octanol–water partition coefficient (Wildman–Crippen LogP) is 5.40. The molecule has 0 aliphatic rings. The van der Waals surface area contributed by atoms with E-state index in [4.69, 9.17) is 16.0 Å². The van der Waals surface area contributed by atoms with Crippen LogP contribution in [-0.2, 0) is 0 Å². The van der Waals surface area contributed by atoms with Gasteiger partial charge in [0.15, 0.2) is 5.78 Å². The van der Waals surface area contributed by atoms with E-state index in [1.54, 1.807) is 18.2 Å². The van der Waals surface area contributed by atoms with Crippen molar-refractivity contribution in [2.45, 2.75) is 0 Å². The van der Waals surface area contributed by atoms with Crippen LogP contribution in [0.25, 0.3) is 17.4 Å². The van der Waals surface area contributed by atoms with Gasteiger partial charge in [-0.15, -0.1) is 0 Å². The van der Waals surface area contributed by atoms with Gasteiger partial charge in [-0.25, -0.2) is 0 Å². The Kier molecular flexibility index (Phi) is 4.77. The Morgan fingerprint density at radius 2 is 1.88 bits per heavy atom. The van der Waals surface area contributed by atoms with E-state index in [9.17, 15) is 14.9 Å². The van der Waals surface area contributed by atoms with Crippen LogP contribution in [-0.4, -0.2) is 10.7 Å². The van der Waals surface area contributed by atoms with Crippen molar-refractivity contribution in [3.05, 3.63) is 93.2 Å². The number of hydrogen-bond donors (Lipinski definition) is 0. The summed E-state index contributed by atoms with van der Waals surface area (Å²) in [6.45, 7) is 0. The van der Waals surface area contributed by atoms with Crippen molar-refractivity contribution >= 4 is 29.1 Å². The Bertz CT molecular complexity index is 975. The summed E-state index contributed by atoms with van der Waals surface area (Å²) in [6.07, 6.45) is 2.83. The molecule has 3 aromatic rings. The van der Waals surface area contributed by atoms with Crippen LogP contribution >= 0.6 is 11.6 Å². The third kappa shape index (κ3) is 3.84. The maximum absolute atomic E-state index is 12.2. The van der Waals surface area contributed by atoms with Gasteiger partial charge in [-0.3, -0.25) is 14.9 Å². The number of carbonyl (C=O) groups excluding carboxylic acids is 1. The standard InChI is InChI=1S/C19H12ClNO4/c20-17-7-2-1-6-16(17)19-11-9-15(25-19)8-10-18(22)13-4-3-5-14(12-13)21(23)24/h1-12H/b10-8+. The number of nitrogens with zero attached hydrogens (tertiary/aromatic N) is 1. The maximum Gasteiger partial charge on any atom is 0.270 e. The Balaban J connectivity index is 1.79. The molecule has 0 spiro atoms. The number of allylic oxidation sites excluding steroid dienone is 1. The van der Waals surface area contributed by atoms with E-state index < -0.39 is 4.92 Å². The van der Waals surface area contributed by atoms with Crippen LogP contribution in [0.15, 0.2) is 71.2 Å². The van der Waals surface area contributed by atoms with Gasteiger partial charge in [-0.1, -0.05) is 35.9 Å². The highest BCUT2D eigenvalue weighted by molar-refractivity contribution is 6.33. The van der Waals surface area contributed by atoms with E-state index in [1.807, 2.05) is 18.2 Å². The van der Waals surface area contributed by atoms with Gasteiger partial charge in [0, 0.05) is 23.3 Å². The average molecular weight is 354 g/mol. The van der Waals surface area contributed by atoms with Gasteiger partial charge in [0.2, 0.25) is 0 Å². The minimum atomic E-state index is -0.539. The first-order valence-electron chi connectivity index (χ1n) is 7.36. The van der Waals surface area contributed by atoms with Crippen LogP contribution in [0, 0.1) is 10.1 Å². The minimum absolute atomic E-state index is 0.127. The number of hydrogen-bond acceptors (Lipinski definition) is 4. The van der Waals surface area contributed by atoms with Gasteiger partial charge < -0.3 is 4.42 Å². The fourth-order valence-electron chi connectivity index (χ4n) is 2.27. The number of ketones is 1. The minimum Gasteiger partial charge on any atom is -0.457 e. The van der Waals surface area contributed by atoms with Crippen LogP contribution in [0.4, 0.5) is 5.69 Å². The quantitative estimate of drug-likeness (QED) is 0.266. The lowest BCUT2D eigenvalue weighted by molar-refractivity contribution is -0.384. The molecule has 3 rings (SSSR count). The van der Waals surface area contributed by atoms with Crippen LogP contribution < -0.4 is 0 Å². The summed E-state index contributed by atoms with van der Waals surface area (Å²) < 4.78 is 5.67. The molecule has 0 fully saturated rings. The number of nitro groups is 1. The van der Waals surface area contributed by atoms with Crippen molar-refractivity contribution in [3.63, 3.8) is 0 Å². The number of nitro benzene ring substituents is 1. The molecule has 1 heterocycles.